The number of nitrogens with zero attached hydrogens (tertiary/aromatic N) is 2. The summed E-state index contributed by atoms with van der Waals surface area (Å²) in [6.07, 6.45) is 1.82. The molecule has 1 N–H and O–H groups in total. The quantitative estimate of drug-likeness (QED) is 0.617. The molecule has 2 aromatic carbocycles. The second kappa shape index (κ2) is 7.18. The van der Waals surface area contributed by atoms with Crippen LogP contribution in [0.2, 0.25) is 0 Å². The summed E-state index contributed by atoms with van der Waals surface area (Å²) in [6, 6.07) is 17.9. The minimum absolute atomic E-state index is 0.198. The van der Waals surface area contributed by atoms with Gasteiger partial charge in [-0.2, -0.15) is 5.10 Å². The van der Waals surface area contributed by atoms with E-state index in [2.05, 4.69) is 33.0 Å². The Balaban J connectivity index is 1.83. The van der Waals surface area contributed by atoms with Crippen molar-refractivity contribution in [2.24, 2.45) is 7.05 Å². The number of nitrogens with one attached hydrogen (secondary N) is 1. The topological polar surface area (TPSA) is 46.9 Å². The molecule has 0 unspecified atom stereocenters. The summed E-state index contributed by atoms with van der Waals surface area (Å²) in [6.45, 7) is 0. The van der Waals surface area contributed by atoms with Crippen molar-refractivity contribution < 1.29 is 4.79 Å². The van der Waals surface area contributed by atoms with E-state index in [0.29, 0.717) is 5.69 Å². The van der Waals surface area contributed by atoms with Crippen LogP contribution < -0.4 is 5.32 Å². The van der Waals surface area contributed by atoms with Crippen LogP contribution in [0, 0.1) is 3.57 Å². The largest absolute Gasteiger partial charge is 0.320 e. The van der Waals surface area contributed by atoms with Crippen LogP contribution in [0.5, 0.6) is 0 Å². The van der Waals surface area contributed by atoms with E-state index in [9.17, 15) is 4.79 Å². The lowest BCUT2D eigenvalue weighted by molar-refractivity contribution is 0.102. The van der Waals surface area contributed by atoms with E-state index in [1.54, 1.807) is 23.5 Å². The minimum Gasteiger partial charge on any atom is -0.320 e. The maximum atomic E-state index is 12.5. The number of benzene rings is 2. The zero-order valence-electron chi connectivity index (χ0n) is 12.4. The van der Waals surface area contributed by atoms with E-state index in [1.807, 2.05) is 60.8 Å². The van der Waals surface area contributed by atoms with Crippen molar-refractivity contribution in [3.05, 3.63) is 70.1 Å². The van der Waals surface area contributed by atoms with E-state index in [4.69, 9.17) is 0 Å². The van der Waals surface area contributed by atoms with Crippen molar-refractivity contribution in [2.45, 2.75) is 9.79 Å². The molecule has 0 bridgehead atoms. The molecule has 1 amide bonds. The average Bonchev–Trinajstić information content (AvgIpc) is 2.89. The smallest absolute Gasteiger partial charge is 0.277 e. The third-order valence-corrected chi connectivity index (χ3v) is 4.98. The Kier molecular flexibility index (Phi) is 5.02. The van der Waals surface area contributed by atoms with Crippen molar-refractivity contribution in [3.63, 3.8) is 0 Å². The number of aromatic nitrogens is 2. The molecule has 4 nitrogen and oxygen atoms in total. The SMILES string of the molecule is Cn1cc(I)c(C(=O)Nc2ccccc2Sc2ccccc2)n1. The highest BCUT2D eigenvalue weighted by Gasteiger charge is 2.16. The molecule has 116 valence electrons. The van der Waals surface area contributed by atoms with Gasteiger partial charge in [0.05, 0.1) is 9.26 Å². The fraction of sp³-hybridized carbons (Fsp3) is 0.0588. The molecule has 0 spiro atoms. The molecular formula is C17H14IN3OS. The van der Waals surface area contributed by atoms with Gasteiger partial charge in [-0.15, -0.1) is 0 Å². The summed E-state index contributed by atoms with van der Waals surface area (Å²) in [5.41, 5.74) is 1.22. The van der Waals surface area contributed by atoms with Crippen LogP contribution in [0.15, 0.2) is 70.6 Å². The molecule has 3 rings (SSSR count). The summed E-state index contributed by atoms with van der Waals surface area (Å²) in [5.74, 6) is -0.198. The zero-order valence-corrected chi connectivity index (χ0v) is 15.3. The van der Waals surface area contributed by atoms with Gasteiger partial charge in [0.15, 0.2) is 5.69 Å². The van der Waals surface area contributed by atoms with Gasteiger partial charge < -0.3 is 5.32 Å². The van der Waals surface area contributed by atoms with E-state index in [-0.39, 0.29) is 5.91 Å². The number of hydrogen-bond donors (Lipinski definition) is 1. The molecule has 3 aromatic rings. The molecule has 0 aliphatic carbocycles. The van der Waals surface area contributed by atoms with E-state index >= 15 is 0 Å². The van der Waals surface area contributed by atoms with Crippen molar-refractivity contribution in [3.8, 4) is 0 Å². The van der Waals surface area contributed by atoms with Crippen LogP contribution in [0.25, 0.3) is 0 Å². The Morgan fingerprint density at radius 2 is 1.83 bits per heavy atom. The van der Waals surface area contributed by atoms with Crippen LogP contribution in [0.1, 0.15) is 10.5 Å². The number of aryl methyl sites for hydroxylation is 1. The maximum Gasteiger partial charge on any atom is 0.277 e. The highest BCUT2D eigenvalue weighted by atomic mass is 127. The monoisotopic (exact) mass is 435 g/mol. The third-order valence-electron chi connectivity index (χ3n) is 3.11. The summed E-state index contributed by atoms with van der Waals surface area (Å²) in [7, 11) is 1.80. The Morgan fingerprint density at radius 1 is 1.13 bits per heavy atom. The minimum atomic E-state index is -0.198. The van der Waals surface area contributed by atoms with Gasteiger partial charge in [-0.3, -0.25) is 9.48 Å². The number of anilines is 1. The molecule has 6 heteroatoms. The second-order valence-corrected chi connectivity index (χ2v) is 7.14. The lowest BCUT2D eigenvalue weighted by Gasteiger charge is -2.10. The van der Waals surface area contributed by atoms with E-state index in [0.717, 1.165) is 19.0 Å². The Morgan fingerprint density at radius 3 is 2.52 bits per heavy atom. The molecule has 0 saturated carbocycles. The number of hydrogen-bond acceptors (Lipinski definition) is 3. The van der Waals surface area contributed by atoms with Gasteiger partial charge in [0, 0.05) is 23.0 Å². The highest BCUT2D eigenvalue weighted by Crippen LogP contribution is 2.33. The molecule has 0 atom stereocenters. The summed E-state index contributed by atoms with van der Waals surface area (Å²) >= 11 is 3.74. The Hall–Kier alpha value is -1.80. The first-order chi connectivity index (χ1) is 11.1. The third kappa shape index (κ3) is 3.94. The molecule has 1 heterocycles. The second-order valence-electron chi connectivity index (χ2n) is 4.86. The van der Waals surface area contributed by atoms with Gasteiger partial charge in [0.25, 0.3) is 5.91 Å². The first-order valence-electron chi connectivity index (χ1n) is 6.96. The van der Waals surface area contributed by atoms with Crippen LogP contribution in [-0.2, 0) is 7.05 Å². The van der Waals surface area contributed by atoms with Crippen molar-refractivity contribution >= 4 is 45.9 Å². The van der Waals surface area contributed by atoms with Gasteiger partial charge in [-0.25, -0.2) is 0 Å². The van der Waals surface area contributed by atoms with E-state index in [1.165, 1.54) is 0 Å². The summed E-state index contributed by atoms with van der Waals surface area (Å²) in [4.78, 5) is 14.6. The van der Waals surface area contributed by atoms with Crippen molar-refractivity contribution in [1.29, 1.82) is 0 Å². The van der Waals surface area contributed by atoms with Crippen molar-refractivity contribution in [1.82, 2.24) is 9.78 Å². The van der Waals surface area contributed by atoms with Crippen LogP contribution in [0.3, 0.4) is 0 Å². The van der Waals surface area contributed by atoms with Gasteiger partial charge >= 0.3 is 0 Å². The number of rotatable bonds is 4. The lowest BCUT2D eigenvalue weighted by Crippen LogP contribution is -2.14. The molecule has 23 heavy (non-hydrogen) atoms. The van der Waals surface area contributed by atoms with Crippen molar-refractivity contribution in [2.75, 3.05) is 5.32 Å². The number of para-hydroxylation sites is 1. The molecule has 0 aliphatic heterocycles. The Labute approximate surface area is 152 Å². The normalized spacial score (nSPS) is 10.5. The number of amides is 1. The van der Waals surface area contributed by atoms with Gasteiger partial charge in [0.2, 0.25) is 0 Å². The number of carbonyl (C=O) groups excluding carboxylic acids is 1. The molecule has 1 aromatic heterocycles. The zero-order chi connectivity index (χ0) is 16.2. The average molecular weight is 435 g/mol. The number of carbonyl (C=O) groups is 1. The summed E-state index contributed by atoms with van der Waals surface area (Å²) < 4.78 is 2.47. The van der Waals surface area contributed by atoms with E-state index < -0.39 is 0 Å². The first kappa shape index (κ1) is 16.1. The van der Waals surface area contributed by atoms with Gasteiger partial charge in [-0.1, -0.05) is 42.1 Å². The maximum absolute atomic E-state index is 12.5. The molecule has 0 fully saturated rings. The standard InChI is InChI=1S/C17H14IN3OS/c1-21-11-13(18)16(20-21)17(22)19-14-9-5-6-10-15(14)23-12-7-3-2-4-8-12/h2-11H,1H3,(H,19,22). The molecule has 0 radical (unpaired) electrons. The van der Waals surface area contributed by atoms with Gasteiger partial charge in [-0.05, 0) is 46.9 Å². The molecule has 0 aliphatic rings. The first-order valence-corrected chi connectivity index (χ1v) is 8.85. The predicted molar refractivity (Wildman–Crippen MR) is 101 cm³/mol. The van der Waals surface area contributed by atoms with Crippen LogP contribution in [0.4, 0.5) is 5.69 Å². The summed E-state index contributed by atoms with van der Waals surface area (Å²) in [5, 5.41) is 7.17. The van der Waals surface area contributed by atoms with Crippen LogP contribution in [-0.4, -0.2) is 15.7 Å². The fourth-order valence-corrected chi connectivity index (χ4v) is 3.75. The number of halogens is 1. The fourth-order valence-electron chi connectivity index (χ4n) is 2.07. The van der Waals surface area contributed by atoms with Crippen LogP contribution >= 0.6 is 34.4 Å². The van der Waals surface area contributed by atoms with Gasteiger partial charge in [0.1, 0.15) is 0 Å². The molecular weight excluding hydrogens is 421 g/mol. The lowest BCUT2D eigenvalue weighted by atomic mass is 10.3. The highest BCUT2D eigenvalue weighted by molar-refractivity contribution is 14.1. The molecule has 0 saturated heterocycles. The predicted octanol–water partition coefficient (Wildman–Crippen LogP) is 4.43. The Bertz CT molecular complexity index is 833.